The Hall–Kier alpha value is -0.540. The van der Waals surface area contributed by atoms with Crippen LogP contribution in [0.25, 0.3) is 0 Å². The maximum absolute atomic E-state index is 13.5. The lowest BCUT2D eigenvalue weighted by Gasteiger charge is -2.39. The molecule has 0 amide bonds. The Bertz CT molecular complexity index is 338. The van der Waals surface area contributed by atoms with Crippen LogP contribution in [0.2, 0.25) is 0 Å². The molecule has 152 valence electrons. The van der Waals surface area contributed by atoms with Crippen LogP contribution in [-0.4, -0.2) is 31.7 Å². The molecule has 3 nitrogen and oxygen atoms in total. The van der Waals surface area contributed by atoms with Crippen LogP contribution in [0.15, 0.2) is 0 Å². The fourth-order valence-electron chi connectivity index (χ4n) is 2.61. The van der Waals surface area contributed by atoms with E-state index < -0.39 is 44.1 Å². The SMILES string of the molecule is CCCCCCCCC(C(F)(F)F)C(OCC)(OCC)OC(F)(F)F. The van der Waals surface area contributed by atoms with Crippen molar-refractivity contribution in [3.05, 3.63) is 0 Å². The summed E-state index contributed by atoms with van der Waals surface area (Å²) in [4.78, 5) is 0. The fourth-order valence-corrected chi connectivity index (χ4v) is 2.61. The van der Waals surface area contributed by atoms with E-state index in [0.717, 1.165) is 25.7 Å². The summed E-state index contributed by atoms with van der Waals surface area (Å²) in [5.41, 5.74) is 0. The third-order valence-corrected chi connectivity index (χ3v) is 3.62. The van der Waals surface area contributed by atoms with Crippen LogP contribution < -0.4 is 0 Å². The number of unbranched alkanes of at least 4 members (excludes halogenated alkanes) is 5. The van der Waals surface area contributed by atoms with Crippen LogP contribution >= 0.6 is 0 Å². The fraction of sp³-hybridized carbons (Fsp3) is 1.00. The molecule has 9 heteroatoms. The van der Waals surface area contributed by atoms with Gasteiger partial charge >= 0.3 is 18.5 Å². The van der Waals surface area contributed by atoms with Crippen molar-refractivity contribution < 1.29 is 40.6 Å². The first kappa shape index (κ1) is 24.5. The summed E-state index contributed by atoms with van der Waals surface area (Å²) in [6.45, 7) is 3.74. The molecule has 0 saturated carbocycles. The van der Waals surface area contributed by atoms with Crippen molar-refractivity contribution in [2.45, 2.75) is 84.2 Å². The zero-order valence-electron chi connectivity index (χ0n) is 14.9. The smallest absolute Gasteiger partial charge is 0.327 e. The Kier molecular flexibility index (Phi) is 11.0. The van der Waals surface area contributed by atoms with Gasteiger partial charge in [0, 0.05) is 13.2 Å². The van der Waals surface area contributed by atoms with Crippen molar-refractivity contribution in [3.63, 3.8) is 0 Å². The molecule has 25 heavy (non-hydrogen) atoms. The summed E-state index contributed by atoms with van der Waals surface area (Å²) in [6.07, 6.45) is -6.67. The lowest BCUT2D eigenvalue weighted by atomic mass is 9.96. The summed E-state index contributed by atoms with van der Waals surface area (Å²) in [5, 5.41) is 0. The Morgan fingerprint density at radius 1 is 0.720 bits per heavy atom. The topological polar surface area (TPSA) is 27.7 Å². The molecule has 0 N–H and O–H groups in total. The van der Waals surface area contributed by atoms with Gasteiger partial charge < -0.3 is 9.47 Å². The van der Waals surface area contributed by atoms with Gasteiger partial charge in [-0.2, -0.15) is 13.2 Å². The molecule has 0 spiro atoms. The maximum Gasteiger partial charge on any atom is 0.526 e. The minimum Gasteiger partial charge on any atom is -0.327 e. The van der Waals surface area contributed by atoms with Crippen molar-refractivity contribution in [3.8, 4) is 0 Å². The Morgan fingerprint density at radius 2 is 1.20 bits per heavy atom. The van der Waals surface area contributed by atoms with E-state index >= 15 is 0 Å². The predicted octanol–water partition coefficient (Wildman–Crippen LogP) is 6.18. The Balaban J connectivity index is 5.26. The molecule has 0 aromatic rings. The van der Waals surface area contributed by atoms with Gasteiger partial charge in [-0.3, -0.25) is 0 Å². The van der Waals surface area contributed by atoms with E-state index in [1.165, 1.54) is 13.8 Å². The van der Waals surface area contributed by atoms with Crippen LogP contribution in [0.4, 0.5) is 26.3 Å². The molecule has 1 atom stereocenters. The second-order valence-electron chi connectivity index (χ2n) is 5.67. The number of hydrogen-bond donors (Lipinski definition) is 0. The molecular weight excluding hydrogens is 354 g/mol. The summed E-state index contributed by atoms with van der Waals surface area (Å²) in [5.74, 6) is -5.75. The van der Waals surface area contributed by atoms with E-state index in [4.69, 9.17) is 9.47 Å². The number of rotatable bonds is 13. The molecule has 0 saturated heterocycles. The van der Waals surface area contributed by atoms with Gasteiger partial charge in [0.25, 0.3) is 0 Å². The molecular formula is C16H28F6O3. The van der Waals surface area contributed by atoms with Crippen LogP contribution in [0.5, 0.6) is 0 Å². The highest BCUT2D eigenvalue weighted by atomic mass is 19.4. The van der Waals surface area contributed by atoms with Crippen molar-refractivity contribution in [2.75, 3.05) is 13.2 Å². The Labute approximate surface area is 145 Å². The molecule has 0 aromatic carbocycles. The number of hydrogen-bond acceptors (Lipinski definition) is 3. The highest BCUT2D eigenvalue weighted by Gasteiger charge is 2.60. The molecule has 0 rings (SSSR count). The zero-order valence-corrected chi connectivity index (χ0v) is 14.9. The van der Waals surface area contributed by atoms with E-state index in [-0.39, 0.29) is 6.42 Å². The molecule has 0 aliphatic heterocycles. The second-order valence-corrected chi connectivity index (χ2v) is 5.67. The zero-order chi connectivity index (χ0) is 19.6. The maximum atomic E-state index is 13.5. The molecule has 0 aliphatic carbocycles. The van der Waals surface area contributed by atoms with Crippen molar-refractivity contribution >= 4 is 0 Å². The largest absolute Gasteiger partial charge is 0.526 e. The minimum atomic E-state index is -5.32. The van der Waals surface area contributed by atoms with Gasteiger partial charge in [0.15, 0.2) is 0 Å². The average molecular weight is 382 g/mol. The standard InChI is InChI=1S/C16H28F6O3/c1-4-7-8-9-10-11-12-13(14(17,18)19)15(23-5-2,24-6-3)25-16(20,21)22/h13H,4-12H2,1-3H3. The van der Waals surface area contributed by atoms with E-state index in [1.54, 1.807) is 0 Å². The summed E-state index contributed by atoms with van der Waals surface area (Å²) >= 11 is 0. The van der Waals surface area contributed by atoms with Crippen LogP contribution in [0.1, 0.15) is 65.7 Å². The van der Waals surface area contributed by atoms with Crippen molar-refractivity contribution in [2.24, 2.45) is 5.92 Å². The van der Waals surface area contributed by atoms with Gasteiger partial charge in [-0.25, -0.2) is 4.74 Å². The Morgan fingerprint density at radius 3 is 1.60 bits per heavy atom. The van der Waals surface area contributed by atoms with Gasteiger partial charge in [0.2, 0.25) is 0 Å². The molecule has 1 unspecified atom stereocenters. The van der Waals surface area contributed by atoms with E-state index in [9.17, 15) is 26.3 Å². The molecule has 0 aromatic heterocycles. The normalized spacial score (nSPS) is 14.8. The third kappa shape index (κ3) is 9.65. The van der Waals surface area contributed by atoms with Gasteiger partial charge in [0.1, 0.15) is 5.92 Å². The second kappa shape index (κ2) is 11.2. The molecule has 0 heterocycles. The van der Waals surface area contributed by atoms with E-state index in [2.05, 4.69) is 4.74 Å². The van der Waals surface area contributed by atoms with Crippen LogP contribution in [0, 0.1) is 5.92 Å². The molecule has 0 radical (unpaired) electrons. The first-order valence-electron chi connectivity index (χ1n) is 8.63. The van der Waals surface area contributed by atoms with Crippen molar-refractivity contribution in [1.82, 2.24) is 0 Å². The van der Waals surface area contributed by atoms with Crippen LogP contribution in [-0.2, 0) is 14.2 Å². The van der Waals surface area contributed by atoms with Gasteiger partial charge in [-0.05, 0) is 20.3 Å². The lowest BCUT2D eigenvalue weighted by Crippen LogP contribution is -2.54. The number of alkyl halides is 6. The van der Waals surface area contributed by atoms with Gasteiger partial charge in [-0.1, -0.05) is 45.4 Å². The van der Waals surface area contributed by atoms with Gasteiger partial charge in [-0.15, -0.1) is 13.2 Å². The van der Waals surface area contributed by atoms with E-state index in [1.807, 2.05) is 6.92 Å². The monoisotopic (exact) mass is 382 g/mol. The average Bonchev–Trinajstić information content (AvgIpc) is 2.43. The molecule has 0 aliphatic rings. The molecule has 0 fully saturated rings. The number of halogens is 6. The first-order valence-corrected chi connectivity index (χ1v) is 8.63. The van der Waals surface area contributed by atoms with Crippen molar-refractivity contribution in [1.29, 1.82) is 0 Å². The van der Waals surface area contributed by atoms with Gasteiger partial charge in [0.05, 0.1) is 0 Å². The molecule has 0 bridgehead atoms. The number of ether oxygens (including phenoxy) is 3. The minimum absolute atomic E-state index is 0.108. The first-order chi connectivity index (χ1) is 11.5. The van der Waals surface area contributed by atoms with E-state index in [0.29, 0.717) is 6.42 Å². The highest BCUT2D eigenvalue weighted by molar-refractivity contribution is 4.79. The summed E-state index contributed by atoms with van der Waals surface area (Å²) < 4.78 is 91.8. The highest BCUT2D eigenvalue weighted by Crippen LogP contribution is 2.44. The summed E-state index contributed by atoms with van der Waals surface area (Å²) in [7, 11) is 0. The third-order valence-electron chi connectivity index (χ3n) is 3.62. The predicted molar refractivity (Wildman–Crippen MR) is 80.7 cm³/mol. The van der Waals surface area contributed by atoms with Crippen LogP contribution in [0.3, 0.4) is 0 Å². The summed E-state index contributed by atoms with van der Waals surface area (Å²) in [6, 6.07) is 0. The quantitative estimate of drug-likeness (QED) is 0.216. The lowest BCUT2D eigenvalue weighted by molar-refractivity contribution is -0.515.